The fourth-order valence-corrected chi connectivity index (χ4v) is 5.00. The summed E-state index contributed by atoms with van der Waals surface area (Å²) in [4.78, 5) is 27.2. The zero-order chi connectivity index (χ0) is 27.6. The lowest BCUT2D eigenvalue weighted by molar-refractivity contribution is 0.0456. The lowest BCUT2D eigenvalue weighted by atomic mass is 9.99. The summed E-state index contributed by atoms with van der Waals surface area (Å²) in [6.45, 7) is 3.75. The lowest BCUT2D eigenvalue weighted by Crippen LogP contribution is -2.36. The summed E-state index contributed by atoms with van der Waals surface area (Å²) in [6.07, 6.45) is 0.739. The summed E-state index contributed by atoms with van der Waals surface area (Å²) in [7, 11) is 2.92. The Hall–Kier alpha value is -3.18. The molecule has 2 heterocycles. The molecule has 2 N–H and O–H groups in total. The number of aliphatic hydroxyl groups excluding tert-OH is 1. The number of aromatic nitrogens is 1. The minimum atomic E-state index is -1.40. The lowest BCUT2D eigenvalue weighted by Gasteiger charge is -2.29. The number of carboxylic acid groups (broad SMARTS) is 1. The van der Waals surface area contributed by atoms with Gasteiger partial charge in [0.15, 0.2) is 0 Å². The largest absolute Gasteiger partial charge is 0.496 e. The van der Waals surface area contributed by atoms with Gasteiger partial charge in [0, 0.05) is 50.0 Å². The monoisotopic (exact) mass is 548 g/mol. The standard InChI is InChI=1S/C27H30ClFN2O7/c1-15(36-2)23(14-32)31-13-20(27(34)35)26(33)19-10-16(24(37-3)12-22(19)31)8-17-9-18(11-21(28)25(17)29)30-4-6-38-7-5-30/h9-13,15,23,32H,4-8,14H2,1-3H3,(H,34,35). The van der Waals surface area contributed by atoms with Crippen LogP contribution in [0.15, 0.2) is 35.3 Å². The molecule has 1 aliphatic heterocycles. The van der Waals surface area contributed by atoms with Gasteiger partial charge in [0.25, 0.3) is 0 Å². The van der Waals surface area contributed by atoms with E-state index in [2.05, 4.69) is 4.90 Å². The molecule has 0 saturated carbocycles. The highest BCUT2D eigenvalue weighted by atomic mass is 35.5. The summed E-state index contributed by atoms with van der Waals surface area (Å²) in [5.74, 6) is -1.62. The number of pyridine rings is 1. The maximum absolute atomic E-state index is 15.2. The predicted molar refractivity (Wildman–Crippen MR) is 142 cm³/mol. The first kappa shape index (κ1) is 27.8. The van der Waals surface area contributed by atoms with Crippen LogP contribution in [0.2, 0.25) is 5.02 Å². The van der Waals surface area contributed by atoms with Gasteiger partial charge < -0.3 is 33.9 Å². The average molecular weight is 549 g/mol. The number of methoxy groups -OCH3 is 2. The number of fused-ring (bicyclic) bond motifs is 1. The zero-order valence-electron chi connectivity index (χ0n) is 21.4. The van der Waals surface area contributed by atoms with Crippen LogP contribution in [0.3, 0.4) is 0 Å². The summed E-state index contributed by atoms with van der Waals surface area (Å²) < 4.78 is 33.1. The van der Waals surface area contributed by atoms with Gasteiger partial charge >= 0.3 is 5.97 Å². The minimum absolute atomic E-state index is 0.0291. The van der Waals surface area contributed by atoms with Gasteiger partial charge in [0.1, 0.15) is 17.1 Å². The second kappa shape index (κ2) is 11.7. The molecule has 0 radical (unpaired) electrons. The van der Waals surface area contributed by atoms with Crippen LogP contribution in [-0.2, 0) is 15.9 Å². The van der Waals surface area contributed by atoms with E-state index in [0.29, 0.717) is 48.7 Å². The SMILES string of the molecule is COc1cc2c(cc1Cc1cc(N3CCOCC3)cc(Cl)c1F)c(=O)c(C(=O)O)cn2C(CO)C(C)OC. The van der Waals surface area contributed by atoms with Gasteiger partial charge in [0.2, 0.25) is 5.43 Å². The molecule has 2 atom stereocenters. The highest BCUT2D eigenvalue weighted by molar-refractivity contribution is 6.31. The van der Waals surface area contributed by atoms with Gasteiger partial charge in [-0.2, -0.15) is 0 Å². The number of ether oxygens (including phenoxy) is 3. The average Bonchev–Trinajstić information content (AvgIpc) is 2.92. The van der Waals surface area contributed by atoms with Gasteiger partial charge in [-0.3, -0.25) is 4.79 Å². The first-order valence-electron chi connectivity index (χ1n) is 12.1. The maximum atomic E-state index is 15.2. The van der Waals surface area contributed by atoms with E-state index in [1.165, 1.54) is 31.0 Å². The molecular weight excluding hydrogens is 519 g/mol. The Bertz CT molecular complexity index is 1400. The zero-order valence-corrected chi connectivity index (χ0v) is 22.1. The Kier molecular flexibility index (Phi) is 8.57. The number of anilines is 1. The highest BCUT2D eigenvalue weighted by Crippen LogP contribution is 2.33. The molecule has 1 aliphatic rings. The van der Waals surface area contributed by atoms with E-state index in [1.807, 2.05) is 0 Å². The van der Waals surface area contributed by atoms with Crippen LogP contribution < -0.4 is 15.1 Å². The summed E-state index contributed by atoms with van der Waals surface area (Å²) in [5.41, 5.74) is 0.718. The van der Waals surface area contributed by atoms with Gasteiger partial charge in [-0.25, -0.2) is 9.18 Å². The molecule has 0 spiro atoms. The number of hydrogen-bond donors (Lipinski definition) is 2. The van der Waals surface area contributed by atoms with Crippen molar-refractivity contribution in [2.75, 3.05) is 52.0 Å². The van der Waals surface area contributed by atoms with E-state index in [4.69, 9.17) is 25.8 Å². The van der Waals surface area contributed by atoms with Gasteiger partial charge in [-0.1, -0.05) is 11.6 Å². The van der Waals surface area contributed by atoms with E-state index in [0.717, 1.165) is 5.69 Å². The Morgan fingerprint density at radius 2 is 1.89 bits per heavy atom. The Labute approximate surface area is 223 Å². The van der Waals surface area contributed by atoms with Gasteiger partial charge in [-0.05, 0) is 36.2 Å². The van der Waals surface area contributed by atoms with Gasteiger partial charge in [0.05, 0.1) is 49.6 Å². The number of aliphatic hydroxyl groups is 1. The second-order valence-corrected chi connectivity index (χ2v) is 9.54. The van der Waals surface area contributed by atoms with Crippen molar-refractivity contribution in [2.24, 2.45) is 0 Å². The molecular formula is C27H30ClFN2O7. The van der Waals surface area contributed by atoms with E-state index >= 15 is 4.39 Å². The highest BCUT2D eigenvalue weighted by Gasteiger charge is 2.25. The van der Waals surface area contributed by atoms with Crippen molar-refractivity contribution < 1.29 is 33.6 Å². The smallest absolute Gasteiger partial charge is 0.341 e. The van der Waals surface area contributed by atoms with Crippen LogP contribution in [0.4, 0.5) is 10.1 Å². The van der Waals surface area contributed by atoms with Crippen molar-refractivity contribution in [1.29, 1.82) is 0 Å². The number of aromatic carboxylic acids is 1. The first-order valence-corrected chi connectivity index (χ1v) is 12.5. The van der Waals surface area contributed by atoms with Crippen molar-refractivity contribution in [3.05, 3.63) is 68.2 Å². The van der Waals surface area contributed by atoms with E-state index in [9.17, 15) is 19.8 Å². The third-order valence-electron chi connectivity index (χ3n) is 6.97. The summed E-state index contributed by atoms with van der Waals surface area (Å²) in [6, 6.07) is 5.71. The number of nitrogens with zero attached hydrogens (tertiary/aromatic N) is 2. The summed E-state index contributed by atoms with van der Waals surface area (Å²) in [5, 5.41) is 19.9. The molecule has 38 heavy (non-hydrogen) atoms. The third-order valence-corrected chi connectivity index (χ3v) is 7.24. The van der Waals surface area contributed by atoms with E-state index in [-0.39, 0.29) is 23.4 Å². The third kappa shape index (κ3) is 5.35. The molecule has 2 aromatic carbocycles. The number of benzene rings is 2. The molecule has 4 rings (SSSR count). The van der Waals surface area contributed by atoms with Crippen molar-refractivity contribution in [2.45, 2.75) is 25.5 Å². The predicted octanol–water partition coefficient (Wildman–Crippen LogP) is 3.50. The molecule has 9 nitrogen and oxygen atoms in total. The number of morpholine rings is 1. The summed E-state index contributed by atoms with van der Waals surface area (Å²) >= 11 is 6.25. The molecule has 1 fully saturated rings. The van der Waals surface area contributed by atoms with Crippen LogP contribution in [-0.4, -0.2) is 74.0 Å². The Morgan fingerprint density at radius 1 is 1.18 bits per heavy atom. The Balaban J connectivity index is 1.89. The normalized spacial score (nSPS) is 15.5. The first-order chi connectivity index (χ1) is 18.2. The molecule has 0 bridgehead atoms. The maximum Gasteiger partial charge on any atom is 0.341 e. The van der Waals surface area contributed by atoms with Crippen molar-refractivity contribution in [3.8, 4) is 5.75 Å². The van der Waals surface area contributed by atoms with Crippen molar-refractivity contribution in [1.82, 2.24) is 4.57 Å². The molecule has 0 amide bonds. The molecule has 11 heteroatoms. The second-order valence-electron chi connectivity index (χ2n) is 9.13. The van der Waals surface area contributed by atoms with Crippen LogP contribution in [0.5, 0.6) is 5.75 Å². The molecule has 1 saturated heterocycles. The Morgan fingerprint density at radius 3 is 2.50 bits per heavy atom. The van der Waals surface area contributed by atoms with Crippen LogP contribution in [0, 0.1) is 5.82 Å². The molecule has 1 aromatic heterocycles. The number of rotatable bonds is 9. The molecule has 2 unspecified atom stereocenters. The van der Waals surface area contributed by atoms with Gasteiger partial charge in [-0.15, -0.1) is 0 Å². The van der Waals surface area contributed by atoms with Crippen molar-refractivity contribution in [3.63, 3.8) is 0 Å². The van der Waals surface area contributed by atoms with E-state index in [1.54, 1.807) is 25.1 Å². The minimum Gasteiger partial charge on any atom is -0.496 e. The van der Waals surface area contributed by atoms with Crippen LogP contribution in [0.25, 0.3) is 10.9 Å². The topological polar surface area (TPSA) is 110 Å². The number of hydrogen-bond acceptors (Lipinski definition) is 7. The van der Waals surface area contributed by atoms with Crippen LogP contribution in [0.1, 0.15) is 34.5 Å². The quantitative estimate of drug-likeness (QED) is 0.418. The molecule has 0 aliphatic carbocycles. The van der Waals surface area contributed by atoms with Crippen LogP contribution >= 0.6 is 11.6 Å². The molecule has 204 valence electrons. The number of halogens is 2. The fraction of sp³-hybridized carbons (Fsp3) is 0.407. The van der Waals surface area contributed by atoms with E-state index < -0.39 is 34.9 Å². The molecule has 3 aromatic rings. The fourth-order valence-electron chi connectivity index (χ4n) is 4.76. The van der Waals surface area contributed by atoms with Crippen molar-refractivity contribution >= 4 is 34.2 Å². The number of carboxylic acids is 1. The number of carbonyl (C=O) groups is 1.